The molecule has 28 heavy (non-hydrogen) atoms. The van der Waals surface area contributed by atoms with Crippen LogP contribution in [0.2, 0.25) is 0 Å². The smallest absolute Gasteiger partial charge is 0.111 e. The van der Waals surface area contributed by atoms with Gasteiger partial charge in [-0.1, -0.05) is 18.6 Å². The summed E-state index contributed by atoms with van der Waals surface area (Å²) in [4.78, 5) is 7.90. The van der Waals surface area contributed by atoms with Crippen molar-refractivity contribution in [1.29, 1.82) is 0 Å². The zero-order chi connectivity index (χ0) is 18.2. The number of pyridine rings is 1. The van der Waals surface area contributed by atoms with Crippen LogP contribution in [0.1, 0.15) is 37.5 Å². The molecule has 4 heteroatoms. The number of hydrogen-bond acceptors (Lipinski definition) is 2. The van der Waals surface area contributed by atoms with Gasteiger partial charge < -0.3 is 8.97 Å². The van der Waals surface area contributed by atoms with Gasteiger partial charge in [-0.3, -0.25) is 4.90 Å². The molecule has 2 unspecified atom stereocenters. The lowest BCUT2D eigenvalue weighted by molar-refractivity contribution is 0.114. The van der Waals surface area contributed by atoms with E-state index in [2.05, 4.69) is 68.7 Å². The summed E-state index contributed by atoms with van der Waals surface area (Å²) in [5.41, 5.74) is 6.20. The van der Waals surface area contributed by atoms with Gasteiger partial charge in [0.2, 0.25) is 0 Å². The van der Waals surface area contributed by atoms with Gasteiger partial charge in [-0.05, 0) is 60.7 Å². The fraction of sp³-hybridized carbons (Fsp3) is 0.375. The summed E-state index contributed by atoms with van der Waals surface area (Å²) in [6, 6.07) is 17.7. The van der Waals surface area contributed by atoms with Crippen molar-refractivity contribution in [2.24, 2.45) is 0 Å². The monoisotopic (exact) mass is 368 g/mol. The van der Waals surface area contributed by atoms with Gasteiger partial charge in [-0.15, -0.1) is 0 Å². The number of rotatable bonds is 2. The van der Waals surface area contributed by atoms with E-state index in [4.69, 9.17) is 4.98 Å². The van der Waals surface area contributed by atoms with Crippen molar-refractivity contribution in [3.05, 3.63) is 60.7 Å². The fourth-order valence-electron chi connectivity index (χ4n) is 5.76. The number of imidazole rings is 1. The van der Waals surface area contributed by atoms with Gasteiger partial charge in [0.1, 0.15) is 5.82 Å². The minimum Gasteiger partial charge on any atom is -0.323 e. The van der Waals surface area contributed by atoms with Crippen LogP contribution in [-0.4, -0.2) is 37.5 Å². The van der Waals surface area contributed by atoms with Gasteiger partial charge in [0, 0.05) is 49.0 Å². The third kappa shape index (κ3) is 2.07. The molecule has 4 nitrogen and oxygen atoms in total. The first-order chi connectivity index (χ1) is 13.8. The molecule has 2 aliphatic heterocycles. The second-order valence-corrected chi connectivity index (χ2v) is 8.89. The summed E-state index contributed by atoms with van der Waals surface area (Å²) in [6.45, 7) is 1.22. The zero-order valence-electron chi connectivity index (χ0n) is 16.0. The van der Waals surface area contributed by atoms with E-state index in [1.807, 2.05) is 0 Å². The van der Waals surface area contributed by atoms with Gasteiger partial charge in [-0.2, -0.15) is 0 Å². The molecular weight excluding hydrogens is 344 g/mol. The summed E-state index contributed by atoms with van der Waals surface area (Å²) >= 11 is 0. The lowest BCUT2D eigenvalue weighted by Crippen LogP contribution is -2.43. The molecule has 2 bridgehead atoms. The summed E-state index contributed by atoms with van der Waals surface area (Å²) in [5.74, 6) is 1.30. The standard InChI is InChI=1S/C24H24N4/c1-3-19(4-1)27-15-21-12-20(27)13-24-25-22-11-16(7-9-23(22)28(21)24)17-6-8-18-5-2-10-26(18)14-17/h2,5-11,14,19-21H,1,3-4,12-13,15H2. The maximum atomic E-state index is 5.10. The highest BCUT2D eigenvalue weighted by Gasteiger charge is 2.43. The summed E-state index contributed by atoms with van der Waals surface area (Å²) in [7, 11) is 0. The van der Waals surface area contributed by atoms with Crippen molar-refractivity contribution in [3.63, 3.8) is 0 Å². The minimum absolute atomic E-state index is 0.612. The van der Waals surface area contributed by atoms with E-state index in [0.717, 1.165) is 24.0 Å². The van der Waals surface area contributed by atoms with Gasteiger partial charge in [0.15, 0.2) is 0 Å². The van der Waals surface area contributed by atoms with Crippen molar-refractivity contribution >= 4 is 16.6 Å². The molecule has 3 aliphatic rings. The van der Waals surface area contributed by atoms with Crippen LogP contribution in [0.4, 0.5) is 0 Å². The largest absolute Gasteiger partial charge is 0.323 e. The van der Waals surface area contributed by atoms with Gasteiger partial charge in [0.05, 0.1) is 11.0 Å². The number of benzene rings is 1. The van der Waals surface area contributed by atoms with E-state index >= 15 is 0 Å². The lowest BCUT2D eigenvalue weighted by atomic mass is 9.90. The molecule has 0 amide bonds. The summed E-state index contributed by atoms with van der Waals surface area (Å²) in [5, 5.41) is 0. The third-order valence-electron chi connectivity index (χ3n) is 7.38. The van der Waals surface area contributed by atoms with E-state index in [0.29, 0.717) is 6.04 Å². The van der Waals surface area contributed by atoms with Crippen LogP contribution in [0.5, 0.6) is 0 Å². The highest BCUT2D eigenvalue weighted by molar-refractivity contribution is 5.83. The average Bonchev–Trinajstić information content (AvgIpc) is 3.36. The summed E-state index contributed by atoms with van der Waals surface area (Å²) < 4.78 is 4.75. The lowest BCUT2D eigenvalue weighted by Gasteiger charge is -2.38. The van der Waals surface area contributed by atoms with Crippen molar-refractivity contribution in [2.45, 2.75) is 50.2 Å². The predicted molar refractivity (Wildman–Crippen MR) is 112 cm³/mol. The third-order valence-corrected chi connectivity index (χ3v) is 7.38. The van der Waals surface area contributed by atoms with Crippen molar-refractivity contribution < 1.29 is 0 Å². The van der Waals surface area contributed by atoms with Crippen molar-refractivity contribution in [3.8, 4) is 11.1 Å². The highest BCUT2D eigenvalue weighted by atomic mass is 15.3. The average molecular weight is 368 g/mol. The Kier molecular flexibility index (Phi) is 3.00. The van der Waals surface area contributed by atoms with Gasteiger partial charge >= 0.3 is 0 Å². The first-order valence-electron chi connectivity index (χ1n) is 10.7. The normalized spacial score (nSPS) is 24.7. The van der Waals surface area contributed by atoms with Crippen LogP contribution in [0, 0.1) is 0 Å². The van der Waals surface area contributed by atoms with E-state index in [-0.39, 0.29) is 0 Å². The Balaban J connectivity index is 1.29. The van der Waals surface area contributed by atoms with Crippen LogP contribution in [0.15, 0.2) is 54.9 Å². The van der Waals surface area contributed by atoms with Crippen LogP contribution in [-0.2, 0) is 6.42 Å². The second-order valence-electron chi connectivity index (χ2n) is 8.89. The maximum Gasteiger partial charge on any atom is 0.111 e. The van der Waals surface area contributed by atoms with Crippen molar-refractivity contribution in [1.82, 2.24) is 18.9 Å². The molecule has 2 atom stereocenters. The topological polar surface area (TPSA) is 25.5 Å². The Morgan fingerprint density at radius 2 is 1.86 bits per heavy atom. The molecule has 0 spiro atoms. The van der Waals surface area contributed by atoms with E-state index in [9.17, 15) is 0 Å². The Bertz CT molecular complexity index is 1210. The van der Waals surface area contributed by atoms with E-state index in [1.165, 1.54) is 60.2 Å². The molecule has 0 radical (unpaired) electrons. The quantitative estimate of drug-likeness (QED) is 0.513. The molecule has 1 saturated heterocycles. The number of likely N-dealkylation sites (tertiary alicyclic amines) is 1. The molecule has 5 heterocycles. The number of aromatic nitrogens is 3. The molecule has 3 aromatic heterocycles. The number of fused-ring (bicyclic) bond motifs is 7. The van der Waals surface area contributed by atoms with Gasteiger partial charge in [0.25, 0.3) is 0 Å². The Morgan fingerprint density at radius 3 is 2.75 bits per heavy atom. The Morgan fingerprint density at radius 1 is 0.929 bits per heavy atom. The molecule has 4 aromatic rings. The first-order valence-corrected chi connectivity index (χ1v) is 10.7. The first kappa shape index (κ1) is 15.3. The Labute approximate surface area is 164 Å². The second kappa shape index (κ2) is 5.48. The van der Waals surface area contributed by atoms with Crippen LogP contribution < -0.4 is 0 Å². The molecule has 7 rings (SSSR count). The molecule has 1 aromatic carbocycles. The molecule has 1 saturated carbocycles. The summed E-state index contributed by atoms with van der Waals surface area (Å²) in [6.07, 6.45) is 11.0. The zero-order valence-corrected chi connectivity index (χ0v) is 16.0. The van der Waals surface area contributed by atoms with Crippen LogP contribution in [0.3, 0.4) is 0 Å². The molecule has 0 N–H and O–H groups in total. The number of nitrogens with zero attached hydrogens (tertiary/aromatic N) is 4. The minimum atomic E-state index is 0.612. The van der Waals surface area contributed by atoms with Gasteiger partial charge in [-0.25, -0.2) is 4.98 Å². The van der Waals surface area contributed by atoms with E-state index in [1.54, 1.807) is 0 Å². The van der Waals surface area contributed by atoms with E-state index < -0.39 is 0 Å². The number of hydrogen-bond donors (Lipinski definition) is 0. The SMILES string of the molecule is c1cc2ccc(-c3ccc4c(c3)nc3n4C4CC(C3)N(C3CCC3)C4)cn2c1. The maximum absolute atomic E-state index is 5.10. The Hall–Kier alpha value is -2.59. The fourth-order valence-corrected chi connectivity index (χ4v) is 5.76. The van der Waals surface area contributed by atoms with Crippen LogP contribution >= 0.6 is 0 Å². The molecular formula is C24H24N4. The highest BCUT2D eigenvalue weighted by Crippen LogP contribution is 2.42. The van der Waals surface area contributed by atoms with Crippen molar-refractivity contribution in [2.75, 3.05) is 6.54 Å². The molecule has 1 aliphatic carbocycles. The van der Waals surface area contributed by atoms with Crippen LogP contribution in [0.25, 0.3) is 27.7 Å². The molecule has 2 fully saturated rings. The molecule has 140 valence electrons. The predicted octanol–water partition coefficient (Wildman–Crippen LogP) is 4.68.